The van der Waals surface area contributed by atoms with E-state index in [0.29, 0.717) is 63.1 Å². The van der Waals surface area contributed by atoms with Crippen LogP contribution in [0.4, 0.5) is 46.5 Å². The summed E-state index contributed by atoms with van der Waals surface area (Å²) < 4.78 is 28.8. The number of piperazine rings is 4. The first-order chi connectivity index (χ1) is 53.0. The third-order valence-corrected chi connectivity index (χ3v) is 19.5. The molecule has 18 rings (SSSR count). The van der Waals surface area contributed by atoms with Crippen molar-refractivity contribution in [2.75, 3.05) is 160 Å². The number of hydrogen-bond acceptors (Lipinski definition) is 28. The first-order valence-electron chi connectivity index (χ1n) is 35.9. The number of anilines is 8. The Bertz CT molecular complexity index is 5180. The van der Waals surface area contributed by atoms with Crippen molar-refractivity contribution in [3.05, 3.63) is 195 Å². The molecule has 4 fully saturated rings. The van der Waals surface area contributed by atoms with Crippen molar-refractivity contribution in [1.29, 1.82) is 0 Å². The fraction of sp³-hybridized carbons (Fsp3) is 0.324. The van der Waals surface area contributed by atoms with Gasteiger partial charge >= 0.3 is 0 Å². The smallest absolute Gasteiger partial charge is 0.219 e. The van der Waals surface area contributed by atoms with Crippen molar-refractivity contribution in [3.63, 3.8) is 0 Å². The lowest BCUT2D eigenvalue weighted by Crippen LogP contribution is -2.48. The molecule has 0 unspecified atom stereocenters. The summed E-state index contributed by atoms with van der Waals surface area (Å²) in [6.45, 7) is 19.8. The summed E-state index contributed by atoms with van der Waals surface area (Å²) >= 11 is 0. The van der Waals surface area contributed by atoms with Crippen LogP contribution in [0, 0.1) is 0 Å². The highest BCUT2D eigenvalue weighted by Gasteiger charge is 2.25. The number of fused-ring (bicyclic) bond motifs is 4. The predicted molar refractivity (Wildman–Crippen MR) is 406 cm³/mol. The van der Waals surface area contributed by atoms with Gasteiger partial charge in [0.25, 0.3) is 0 Å². The van der Waals surface area contributed by atoms with Gasteiger partial charge in [-0.1, -0.05) is 24.3 Å². The number of furan rings is 4. The lowest BCUT2D eigenvalue weighted by atomic mass is 10.1. The molecule has 108 heavy (non-hydrogen) atoms. The number of nitrogens with one attached hydrogen (secondary N) is 4. The fourth-order valence-corrected chi connectivity index (χ4v) is 13.3. The Morgan fingerprint density at radius 1 is 0.352 bits per heavy atom. The molecule has 0 radical (unpaired) electrons. The summed E-state index contributed by atoms with van der Waals surface area (Å²) in [5, 5.41) is 46.4. The maximum Gasteiger partial charge on any atom is 0.219 e. The molecule has 0 bridgehead atoms. The van der Waals surface area contributed by atoms with Crippen LogP contribution in [0.25, 0.3) is 44.8 Å². The molecule has 0 spiro atoms. The average Bonchev–Trinajstić information content (AvgIpc) is 1.62. The van der Waals surface area contributed by atoms with Crippen LogP contribution in [0.3, 0.4) is 0 Å². The number of likely N-dealkylation sites (N-methyl/N-ethyl adjacent to an activating group) is 2. The van der Waals surface area contributed by atoms with Gasteiger partial charge in [-0.3, -0.25) is 18.4 Å². The second-order valence-corrected chi connectivity index (χ2v) is 26.4. The Labute approximate surface area is 620 Å². The molecule has 12 aromatic heterocycles. The van der Waals surface area contributed by atoms with Crippen LogP contribution in [0.1, 0.15) is 36.9 Å². The van der Waals surface area contributed by atoms with Gasteiger partial charge in [0.1, 0.15) is 59.7 Å². The summed E-state index contributed by atoms with van der Waals surface area (Å²) in [6.07, 6.45) is 20.6. The van der Waals surface area contributed by atoms with E-state index in [1.165, 1.54) is 5.69 Å². The third kappa shape index (κ3) is 16.4. The number of nitrogens with zero attached hydrogens (tertiary/aromatic N) is 24. The number of carbonyl (C=O) groups is 2. The molecule has 4 aliphatic heterocycles. The summed E-state index contributed by atoms with van der Waals surface area (Å²) in [7, 11) is 4.31. The van der Waals surface area contributed by atoms with Gasteiger partial charge in [-0.15, -0.1) is 40.8 Å². The minimum atomic E-state index is 0.114. The first-order valence-corrected chi connectivity index (χ1v) is 35.9. The van der Waals surface area contributed by atoms with Gasteiger partial charge in [0.2, 0.25) is 35.6 Å². The van der Waals surface area contributed by atoms with E-state index < -0.39 is 0 Å². The predicted octanol–water partition coefficient (Wildman–Crippen LogP) is 7.49. The standard InChI is InChI=1S/C22H23N7O2.C21H23N7O.C16H19N7O2.C15H19N7O/c1-16(30)27-8-10-28(11-9-27)18-6-4-17(5-7-18)20-14-24-22(29-15-25-26-21(20)29)23-13-19-3-2-12-31-19;1-26-8-10-27(11-9-26)17-6-4-16(5-7-17)19-14-23-21(28-15-24-25-20(19)28)22-13-18-3-2-12-29-18;1-12(24)21-4-6-22(7-5-21)14-10-18-16(23-11-19-20-15(14)23)17-9-13-3-2-8-25-13;1-20-4-6-21(7-5-20)13-10-17-15(22-11-18-19-14(13)22)16-9-12-3-2-8-23-12/h2-7,12,14-15H,8-11,13H2,1H3,(H,23,24);2-7,12,14-15H,8-11,13H2,1H3,(H,22,23);2-3,8,10-11H,4-7,9H2,1H3,(H,17,18);2-3,8,10-11H,4-7,9H2,1H3,(H,16,17). The number of aromatic nitrogens is 16. The monoisotopic (exact) mass is 1460 g/mol. The van der Waals surface area contributed by atoms with Crippen molar-refractivity contribution in [2.24, 2.45) is 0 Å². The molecule has 0 aliphatic carbocycles. The SMILES string of the molecule is CC(=O)N1CCN(c2ccc(-c3cnc(NCc4ccco4)n4cnnc34)cc2)CC1.CC(=O)N1CCN(c2cnc(NCc3ccco3)n3cnnc23)CC1.CN1CCN(c2ccc(-c3cnc(NCc4ccco4)n4cnnc34)cc2)CC1.CN1CCN(c2cnc(NCc3ccco3)n3cnnc23)CC1. The number of hydrogen-bond donors (Lipinski definition) is 4. The van der Waals surface area contributed by atoms with E-state index in [1.807, 2.05) is 94.5 Å². The molecular formula is C74H84N28O6. The first kappa shape index (κ1) is 70.7. The molecule has 4 aliphatic rings. The van der Waals surface area contributed by atoms with Crippen molar-refractivity contribution >= 4 is 80.9 Å². The van der Waals surface area contributed by atoms with Crippen LogP contribution in [0.15, 0.2) is 190 Å². The Morgan fingerprint density at radius 2 is 0.639 bits per heavy atom. The van der Waals surface area contributed by atoms with Crippen molar-refractivity contribution in [3.8, 4) is 22.3 Å². The summed E-state index contributed by atoms with van der Waals surface area (Å²) in [5.41, 5.74) is 11.4. The van der Waals surface area contributed by atoms with Crippen LogP contribution < -0.4 is 40.9 Å². The minimum Gasteiger partial charge on any atom is -0.467 e. The molecule has 4 saturated heterocycles. The summed E-state index contributed by atoms with van der Waals surface area (Å²) in [6, 6.07) is 32.1. The molecule has 14 aromatic rings. The zero-order valence-corrected chi connectivity index (χ0v) is 60.5. The van der Waals surface area contributed by atoms with E-state index >= 15 is 0 Å². The molecular weight excluding hydrogens is 1380 g/mol. The van der Waals surface area contributed by atoms with E-state index in [0.717, 1.165) is 177 Å². The molecule has 16 heterocycles. The zero-order valence-electron chi connectivity index (χ0n) is 60.5. The second kappa shape index (κ2) is 33.0. The number of carbonyl (C=O) groups excluding carboxylic acids is 2. The molecule has 34 heteroatoms. The van der Waals surface area contributed by atoms with E-state index in [1.54, 1.807) is 70.4 Å². The summed E-state index contributed by atoms with van der Waals surface area (Å²) in [4.78, 5) is 58.9. The average molecular weight is 1460 g/mol. The maximum atomic E-state index is 11.5. The Morgan fingerprint density at radius 3 is 0.954 bits per heavy atom. The minimum absolute atomic E-state index is 0.114. The fourth-order valence-electron chi connectivity index (χ4n) is 13.3. The molecule has 556 valence electrons. The van der Waals surface area contributed by atoms with Crippen molar-refractivity contribution < 1.29 is 27.3 Å². The van der Waals surface area contributed by atoms with Crippen molar-refractivity contribution in [1.82, 2.24) is 97.9 Å². The lowest BCUT2D eigenvalue weighted by molar-refractivity contribution is -0.129. The highest BCUT2D eigenvalue weighted by molar-refractivity contribution is 5.80. The quantitative estimate of drug-likeness (QED) is 0.0646. The lowest BCUT2D eigenvalue weighted by Gasteiger charge is -2.35. The molecule has 0 saturated carbocycles. The topological polar surface area (TPSA) is 333 Å². The van der Waals surface area contributed by atoms with Gasteiger partial charge in [0.15, 0.2) is 22.6 Å². The van der Waals surface area contributed by atoms with E-state index in [4.69, 9.17) is 17.7 Å². The van der Waals surface area contributed by atoms with E-state index in [9.17, 15) is 9.59 Å². The van der Waals surface area contributed by atoms with E-state index in [-0.39, 0.29) is 11.8 Å². The second-order valence-electron chi connectivity index (χ2n) is 26.4. The van der Waals surface area contributed by atoms with Gasteiger partial charge < -0.3 is 78.1 Å². The largest absolute Gasteiger partial charge is 0.467 e. The van der Waals surface area contributed by atoms with Gasteiger partial charge in [0.05, 0.1) is 63.6 Å². The number of benzene rings is 2. The molecule has 34 nitrogen and oxygen atoms in total. The van der Waals surface area contributed by atoms with Crippen LogP contribution in [0.2, 0.25) is 0 Å². The van der Waals surface area contributed by atoms with Crippen LogP contribution in [-0.4, -0.2) is 229 Å². The van der Waals surface area contributed by atoms with Gasteiger partial charge in [-0.25, -0.2) is 28.7 Å². The Balaban J connectivity index is 0.000000116. The zero-order chi connectivity index (χ0) is 73.7. The Kier molecular flexibility index (Phi) is 21.6. The highest BCUT2D eigenvalue weighted by atomic mass is 16.3. The molecule has 2 aromatic carbocycles. The van der Waals surface area contributed by atoms with Gasteiger partial charge in [-0.2, -0.15) is 0 Å². The summed E-state index contributed by atoms with van der Waals surface area (Å²) in [5.74, 6) is 6.30. The number of amides is 2. The van der Waals surface area contributed by atoms with E-state index in [2.05, 4.69) is 174 Å². The third-order valence-electron chi connectivity index (χ3n) is 19.5. The van der Waals surface area contributed by atoms with Crippen LogP contribution in [0.5, 0.6) is 0 Å². The number of rotatable bonds is 18. The maximum absolute atomic E-state index is 11.5. The molecule has 0 atom stereocenters. The molecule has 4 N–H and O–H groups in total. The highest BCUT2D eigenvalue weighted by Crippen LogP contribution is 2.31. The van der Waals surface area contributed by atoms with Gasteiger partial charge in [-0.05, 0) is 98.0 Å². The van der Waals surface area contributed by atoms with Crippen LogP contribution in [-0.2, 0) is 35.8 Å². The normalized spacial score (nSPS) is 15.0. The molecule has 2 amide bonds. The van der Waals surface area contributed by atoms with Gasteiger partial charge in [0, 0.05) is 153 Å². The Hall–Kier alpha value is -13.0. The van der Waals surface area contributed by atoms with Crippen molar-refractivity contribution in [2.45, 2.75) is 40.0 Å². The van der Waals surface area contributed by atoms with Crippen LogP contribution >= 0.6 is 0 Å².